The Hall–Kier alpha value is -1.35. The van der Waals surface area contributed by atoms with Gasteiger partial charge in [0, 0.05) is 18.9 Å². The van der Waals surface area contributed by atoms with E-state index in [-0.39, 0.29) is 18.1 Å². The highest BCUT2D eigenvalue weighted by molar-refractivity contribution is 5.69. The van der Waals surface area contributed by atoms with Crippen LogP contribution in [0.25, 0.3) is 0 Å². The molecule has 3 unspecified atom stereocenters. The molecule has 3 nitrogen and oxygen atoms in total. The molecule has 2 rings (SSSR count). The van der Waals surface area contributed by atoms with Gasteiger partial charge in [0.2, 0.25) is 0 Å². The van der Waals surface area contributed by atoms with Crippen LogP contribution in [0.4, 0.5) is 0 Å². The first-order valence-corrected chi connectivity index (χ1v) is 11.1. The highest BCUT2D eigenvalue weighted by Crippen LogP contribution is 2.31. The number of hydrogen-bond donors (Lipinski definition) is 0. The summed E-state index contributed by atoms with van der Waals surface area (Å²) in [4.78, 5) is 14.4. The molecule has 0 amide bonds. The second-order valence-corrected chi connectivity index (χ2v) is 8.10. The lowest BCUT2D eigenvalue weighted by atomic mass is 10.0. The number of hydrogen-bond acceptors (Lipinski definition) is 3. The average molecular weight is 374 g/mol. The van der Waals surface area contributed by atoms with Gasteiger partial charge in [0.15, 0.2) is 0 Å². The number of likely N-dealkylation sites (tertiary alicyclic amines) is 1. The maximum Gasteiger partial charge on any atom is 0.305 e. The molecular formula is C24H39NO2. The van der Waals surface area contributed by atoms with Crippen molar-refractivity contribution < 1.29 is 9.53 Å². The quantitative estimate of drug-likeness (QED) is 0.344. The van der Waals surface area contributed by atoms with Gasteiger partial charge in [0.25, 0.3) is 0 Å². The zero-order valence-corrected chi connectivity index (χ0v) is 17.7. The fourth-order valence-corrected chi connectivity index (χ4v) is 4.29. The molecule has 0 radical (unpaired) electrons. The van der Waals surface area contributed by atoms with Crippen LogP contribution in [0.5, 0.6) is 0 Å². The van der Waals surface area contributed by atoms with Crippen LogP contribution in [0.15, 0.2) is 30.3 Å². The van der Waals surface area contributed by atoms with E-state index in [9.17, 15) is 4.79 Å². The predicted molar refractivity (Wildman–Crippen MR) is 113 cm³/mol. The Morgan fingerprint density at radius 3 is 2.37 bits per heavy atom. The number of likely N-dealkylation sites (N-methyl/N-ethyl adjacent to an activating group) is 1. The Bertz CT molecular complexity index is 530. The van der Waals surface area contributed by atoms with Crippen LogP contribution < -0.4 is 0 Å². The molecule has 0 aromatic heterocycles. The highest BCUT2D eigenvalue weighted by Gasteiger charge is 2.40. The second kappa shape index (κ2) is 12.2. The van der Waals surface area contributed by atoms with Crippen LogP contribution in [0.2, 0.25) is 0 Å². The molecule has 0 N–H and O–H groups in total. The third kappa shape index (κ3) is 7.29. The first-order valence-electron chi connectivity index (χ1n) is 11.1. The molecule has 0 aliphatic carbocycles. The van der Waals surface area contributed by atoms with Gasteiger partial charge in [-0.05, 0) is 25.5 Å². The topological polar surface area (TPSA) is 29.5 Å². The van der Waals surface area contributed by atoms with Crippen LogP contribution in [0, 0.1) is 0 Å². The van der Waals surface area contributed by atoms with Crippen LogP contribution in [-0.4, -0.2) is 36.1 Å². The number of unbranched alkanes of at least 4 members (excludes halogenated alkanes) is 6. The van der Waals surface area contributed by atoms with Crippen molar-refractivity contribution >= 4 is 5.97 Å². The summed E-state index contributed by atoms with van der Waals surface area (Å²) in [6.07, 6.45) is 13.1. The average Bonchev–Trinajstić information content (AvgIpc) is 2.97. The molecule has 152 valence electrons. The standard InChI is InChI=1S/C24H39NO2/c1-4-6-7-8-9-10-14-17-21-19-23(27-24(26)5-2)22(25(21)3)18-20-15-12-11-13-16-20/h11-13,15-16,21-23H,4-10,14,17-19H2,1-3H3. The van der Waals surface area contributed by atoms with E-state index in [4.69, 9.17) is 4.74 Å². The highest BCUT2D eigenvalue weighted by atomic mass is 16.5. The zero-order valence-electron chi connectivity index (χ0n) is 17.7. The molecule has 0 spiro atoms. The molecule has 1 fully saturated rings. The minimum Gasteiger partial charge on any atom is -0.461 e. The molecule has 1 aromatic carbocycles. The van der Waals surface area contributed by atoms with Crippen LogP contribution >= 0.6 is 0 Å². The van der Waals surface area contributed by atoms with Crippen molar-refractivity contribution in [2.24, 2.45) is 0 Å². The third-order valence-corrected chi connectivity index (χ3v) is 6.03. The van der Waals surface area contributed by atoms with E-state index in [0.29, 0.717) is 12.5 Å². The van der Waals surface area contributed by atoms with Gasteiger partial charge in [-0.2, -0.15) is 0 Å². The lowest BCUT2D eigenvalue weighted by Gasteiger charge is -2.27. The monoisotopic (exact) mass is 373 g/mol. The summed E-state index contributed by atoms with van der Waals surface area (Å²) in [5.41, 5.74) is 1.32. The maximum absolute atomic E-state index is 11.9. The van der Waals surface area contributed by atoms with Crippen molar-refractivity contribution in [2.45, 2.75) is 103 Å². The Morgan fingerprint density at radius 1 is 1.04 bits per heavy atom. The van der Waals surface area contributed by atoms with Crippen molar-refractivity contribution in [3.05, 3.63) is 35.9 Å². The van der Waals surface area contributed by atoms with E-state index >= 15 is 0 Å². The summed E-state index contributed by atoms with van der Waals surface area (Å²) in [6, 6.07) is 11.4. The molecule has 0 bridgehead atoms. The van der Waals surface area contributed by atoms with Gasteiger partial charge in [-0.1, -0.05) is 89.1 Å². The first-order chi connectivity index (χ1) is 13.2. The fourth-order valence-electron chi connectivity index (χ4n) is 4.29. The van der Waals surface area contributed by atoms with Gasteiger partial charge in [-0.25, -0.2) is 0 Å². The van der Waals surface area contributed by atoms with E-state index in [1.165, 1.54) is 56.9 Å². The van der Waals surface area contributed by atoms with Crippen molar-refractivity contribution in [2.75, 3.05) is 7.05 Å². The second-order valence-electron chi connectivity index (χ2n) is 8.10. The summed E-state index contributed by atoms with van der Waals surface area (Å²) in [5, 5.41) is 0. The Kier molecular flexibility index (Phi) is 9.90. The molecule has 0 saturated carbocycles. The third-order valence-electron chi connectivity index (χ3n) is 6.03. The zero-order chi connectivity index (χ0) is 19.5. The van der Waals surface area contributed by atoms with Crippen molar-refractivity contribution in [3.63, 3.8) is 0 Å². The maximum atomic E-state index is 11.9. The molecule has 3 atom stereocenters. The molecule has 1 aromatic rings. The summed E-state index contributed by atoms with van der Waals surface area (Å²) in [6.45, 7) is 4.15. The molecular weight excluding hydrogens is 334 g/mol. The van der Waals surface area contributed by atoms with Crippen LogP contribution in [0.3, 0.4) is 0 Å². The van der Waals surface area contributed by atoms with Gasteiger partial charge in [0.05, 0.1) is 6.04 Å². The Labute approximate surface area is 166 Å². The number of carbonyl (C=O) groups excluding carboxylic acids is 1. The molecule has 3 heteroatoms. The van der Waals surface area contributed by atoms with Crippen LogP contribution in [-0.2, 0) is 16.0 Å². The number of esters is 1. The summed E-state index contributed by atoms with van der Waals surface area (Å²) in [7, 11) is 2.22. The normalized spacial score (nSPS) is 22.9. The number of ether oxygens (including phenoxy) is 1. The van der Waals surface area contributed by atoms with E-state index in [2.05, 4.69) is 49.2 Å². The molecule has 1 heterocycles. The molecule has 1 saturated heterocycles. The lowest BCUT2D eigenvalue weighted by molar-refractivity contribution is -0.149. The largest absolute Gasteiger partial charge is 0.461 e. The molecule has 27 heavy (non-hydrogen) atoms. The summed E-state index contributed by atoms with van der Waals surface area (Å²) < 4.78 is 5.84. The van der Waals surface area contributed by atoms with Gasteiger partial charge < -0.3 is 4.74 Å². The van der Waals surface area contributed by atoms with Crippen molar-refractivity contribution in [1.82, 2.24) is 4.90 Å². The van der Waals surface area contributed by atoms with E-state index < -0.39 is 0 Å². The number of carbonyl (C=O) groups is 1. The van der Waals surface area contributed by atoms with Gasteiger partial charge in [-0.15, -0.1) is 0 Å². The van der Waals surface area contributed by atoms with Gasteiger partial charge in [0.1, 0.15) is 6.10 Å². The fraction of sp³-hybridized carbons (Fsp3) is 0.708. The van der Waals surface area contributed by atoms with Gasteiger partial charge >= 0.3 is 5.97 Å². The molecule has 1 aliphatic heterocycles. The van der Waals surface area contributed by atoms with E-state index in [0.717, 1.165) is 12.8 Å². The summed E-state index contributed by atoms with van der Waals surface area (Å²) >= 11 is 0. The number of benzene rings is 1. The first kappa shape index (κ1) is 21.9. The van der Waals surface area contributed by atoms with Crippen molar-refractivity contribution in [1.29, 1.82) is 0 Å². The smallest absolute Gasteiger partial charge is 0.305 e. The lowest BCUT2D eigenvalue weighted by Crippen LogP contribution is -2.38. The van der Waals surface area contributed by atoms with Gasteiger partial charge in [-0.3, -0.25) is 9.69 Å². The van der Waals surface area contributed by atoms with Crippen LogP contribution in [0.1, 0.15) is 83.6 Å². The van der Waals surface area contributed by atoms with E-state index in [1.807, 2.05) is 6.92 Å². The minimum absolute atomic E-state index is 0.0252. The number of rotatable bonds is 12. The Balaban J connectivity index is 1.86. The SMILES string of the molecule is CCCCCCCCCC1CC(OC(=O)CC)C(Cc2ccccc2)N1C. The van der Waals surface area contributed by atoms with E-state index in [1.54, 1.807) is 0 Å². The number of nitrogens with zero attached hydrogens (tertiary/aromatic N) is 1. The Morgan fingerprint density at radius 2 is 1.70 bits per heavy atom. The minimum atomic E-state index is -0.0666. The summed E-state index contributed by atoms with van der Waals surface area (Å²) in [5.74, 6) is -0.0666. The van der Waals surface area contributed by atoms with Crippen molar-refractivity contribution in [3.8, 4) is 0 Å². The predicted octanol–water partition coefficient (Wildman–Crippen LogP) is 5.76. The molecule has 1 aliphatic rings.